The van der Waals surface area contributed by atoms with Crippen LogP contribution in [0.25, 0.3) is 0 Å². The van der Waals surface area contributed by atoms with Gasteiger partial charge in [-0.15, -0.1) is 11.3 Å². The second-order valence-electron chi connectivity index (χ2n) is 5.67. The van der Waals surface area contributed by atoms with Crippen molar-refractivity contribution in [3.63, 3.8) is 0 Å². The summed E-state index contributed by atoms with van der Waals surface area (Å²) in [5.74, 6) is 0.688. The Labute approximate surface area is 161 Å². The summed E-state index contributed by atoms with van der Waals surface area (Å²) in [6, 6.07) is 3.31. The Bertz CT molecular complexity index is 605. The van der Waals surface area contributed by atoms with Crippen LogP contribution in [-0.2, 0) is 14.8 Å². The van der Waals surface area contributed by atoms with Gasteiger partial charge in [-0.3, -0.25) is 4.99 Å². The average molecular weight is 406 g/mol. The number of nitrogens with one attached hydrogen (secondary N) is 3. The Morgan fingerprint density at radius 2 is 2.12 bits per heavy atom. The van der Waals surface area contributed by atoms with Crippen molar-refractivity contribution in [3.8, 4) is 0 Å². The molecule has 10 heteroatoms. The van der Waals surface area contributed by atoms with E-state index >= 15 is 0 Å². The van der Waals surface area contributed by atoms with E-state index in [0.29, 0.717) is 16.7 Å². The second kappa shape index (κ2) is 13.0. The molecule has 1 aromatic heterocycles. The van der Waals surface area contributed by atoms with E-state index < -0.39 is 10.0 Å². The molecule has 0 fully saturated rings. The van der Waals surface area contributed by atoms with Gasteiger partial charge in [-0.1, -0.05) is 6.07 Å². The average Bonchev–Trinajstić information content (AvgIpc) is 3.14. The van der Waals surface area contributed by atoms with E-state index in [4.69, 9.17) is 4.74 Å². The van der Waals surface area contributed by atoms with E-state index in [2.05, 4.69) is 32.3 Å². The van der Waals surface area contributed by atoms with E-state index in [0.717, 1.165) is 39.2 Å². The zero-order chi connectivity index (χ0) is 19.3. The summed E-state index contributed by atoms with van der Waals surface area (Å²) >= 11 is 1.20. The van der Waals surface area contributed by atoms with Crippen molar-refractivity contribution in [2.24, 2.45) is 4.99 Å². The van der Waals surface area contributed by atoms with Crippen molar-refractivity contribution in [2.45, 2.75) is 17.6 Å². The summed E-state index contributed by atoms with van der Waals surface area (Å²) in [5, 5.41) is 8.16. The van der Waals surface area contributed by atoms with E-state index in [1.165, 1.54) is 11.3 Å². The van der Waals surface area contributed by atoms with Gasteiger partial charge in [0.1, 0.15) is 4.21 Å². The molecule has 26 heavy (non-hydrogen) atoms. The maximum absolute atomic E-state index is 12.0. The van der Waals surface area contributed by atoms with Gasteiger partial charge >= 0.3 is 0 Å². The van der Waals surface area contributed by atoms with Crippen molar-refractivity contribution in [1.29, 1.82) is 0 Å². The van der Waals surface area contributed by atoms with E-state index in [9.17, 15) is 8.42 Å². The number of thiophene rings is 1. The van der Waals surface area contributed by atoms with E-state index in [1.54, 1.807) is 24.6 Å². The topological polar surface area (TPSA) is 95.1 Å². The molecule has 0 aliphatic rings. The molecule has 0 aliphatic heterocycles. The molecule has 150 valence electrons. The fraction of sp³-hybridized carbons (Fsp3) is 0.688. The number of aliphatic imine (C=N–C) groups is 1. The fourth-order valence-electron chi connectivity index (χ4n) is 2.13. The third-order valence-electron chi connectivity index (χ3n) is 3.45. The molecule has 0 bridgehead atoms. The van der Waals surface area contributed by atoms with E-state index in [1.807, 2.05) is 6.92 Å². The number of ether oxygens (including phenoxy) is 1. The maximum Gasteiger partial charge on any atom is 0.250 e. The SMILES string of the molecule is CCNC(=NCCNS(=O)(=O)c1cccs1)NCCN(C)CCCOC. The maximum atomic E-state index is 12.0. The van der Waals surface area contributed by atoms with Crippen LogP contribution in [0.2, 0.25) is 0 Å². The lowest BCUT2D eigenvalue weighted by Crippen LogP contribution is -2.41. The third-order valence-corrected chi connectivity index (χ3v) is 6.31. The second-order valence-corrected chi connectivity index (χ2v) is 8.61. The fourth-order valence-corrected chi connectivity index (χ4v) is 4.19. The Hall–Kier alpha value is -1.20. The Morgan fingerprint density at radius 3 is 2.77 bits per heavy atom. The molecule has 0 spiro atoms. The van der Waals surface area contributed by atoms with Crippen LogP contribution in [0.4, 0.5) is 0 Å². The minimum Gasteiger partial charge on any atom is -0.385 e. The molecule has 1 aromatic rings. The first kappa shape index (κ1) is 22.8. The minimum atomic E-state index is -3.42. The predicted octanol–water partition coefficient (Wildman–Crippen LogP) is 0.550. The van der Waals surface area contributed by atoms with Gasteiger partial charge in [0.2, 0.25) is 10.0 Å². The van der Waals surface area contributed by atoms with Crippen LogP contribution in [-0.4, -0.2) is 79.3 Å². The van der Waals surface area contributed by atoms with Gasteiger partial charge in [0.25, 0.3) is 0 Å². The van der Waals surface area contributed by atoms with Crippen LogP contribution in [0.5, 0.6) is 0 Å². The number of methoxy groups -OCH3 is 1. The highest BCUT2D eigenvalue weighted by molar-refractivity contribution is 7.91. The first-order valence-electron chi connectivity index (χ1n) is 8.72. The lowest BCUT2D eigenvalue weighted by Gasteiger charge is -2.18. The molecule has 3 N–H and O–H groups in total. The first-order valence-corrected chi connectivity index (χ1v) is 11.1. The van der Waals surface area contributed by atoms with Crippen LogP contribution in [0.1, 0.15) is 13.3 Å². The zero-order valence-corrected chi connectivity index (χ0v) is 17.5. The molecule has 1 heterocycles. The highest BCUT2D eigenvalue weighted by atomic mass is 32.2. The molecule has 0 radical (unpaired) electrons. The number of likely N-dealkylation sites (N-methyl/N-ethyl adjacent to an activating group) is 1. The third kappa shape index (κ3) is 9.48. The van der Waals surface area contributed by atoms with Crippen molar-refractivity contribution < 1.29 is 13.2 Å². The first-order chi connectivity index (χ1) is 12.5. The standard InChI is InChI=1S/C16H31N5O3S2/c1-4-17-16(19-10-12-21(2)11-6-13-24-3)18-8-9-20-26(22,23)15-7-5-14-25-15/h5,7,14,20H,4,6,8-13H2,1-3H3,(H2,17,18,19). The Morgan fingerprint density at radius 1 is 1.31 bits per heavy atom. The molecular formula is C16H31N5O3S2. The minimum absolute atomic E-state index is 0.258. The van der Waals surface area contributed by atoms with Gasteiger partial charge in [0.05, 0.1) is 6.54 Å². The van der Waals surface area contributed by atoms with Gasteiger partial charge in [0.15, 0.2) is 5.96 Å². The largest absolute Gasteiger partial charge is 0.385 e. The number of guanidine groups is 1. The highest BCUT2D eigenvalue weighted by Crippen LogP contribution is 2.14. The van der Waals surface area contributed by atoms with Gasteiger partial charge in [-0.05, 0) is 31.8 Å². The molecule has 0 saturated heterocycles. The van der Waals surface area contributed by atoms with Crippen molar-refractivity contribution >= 4 is 27.3 Å². The molecule has 0 aliphatic carbocycles. The summed E-state index contributed by atoms with van der Waals surface area (Å²) in [5.41, 5.74) is 0. The molecular weight excluding hydrogens is 374 g/mol. The lowest BCUT2D eigenvalue weighted by atomic mass is 10.4. The quantitative estimate of drug-likeness (QED) is 0.252. The van der Waals surface area contributed by atoms with Gasteiger partial charge in [-0.25, -0.2) is 13.1 Å². The molecule has 0 unspecified atom stereocenters. The summed E-state index contributed by atoms with van der Waals surface area (Å²) < 4.78 is 32.0. The summed E-state index contributed by atoms with van der Waals surface area (Å²) in [7, 11) is 0.355. The number of nitrogens with zero attached hydrogens (tertiary/aromatic N) is 2. The smallest absolute Gasteiger partial charge is 0.250 e. The summed E-state index contributed by atoms with van der Waals surface area (Å²) in [4.78, 5) is 6.63. The lowest BCUT2D eigenvalue weighted by molar-refractivity contribution is 0.180. The molecule has 1 rings (SSSR count). The number of hydrogen-bond acceptors (Lipinski definition) is 6. The predicted molar refractivity (Wildman–Crippen MR) is 107 cm³/mol. The van der Waals surface area contributed by atoms with Crippen LogP contribution < -0.4 is 15.4 Å². The molecule has 8 nitrogen and oxygen atoms in total. The number of sulfonamides is 1. The van der Waals surface area contributed by atoms with Crippen molar-refractivity contribution in [1.82, 2.24) is 20.3 Å². The highest BCUT2D eigenvalue weighted by Gasteiger charge is 2.13. The summed E-state index contributed by atoms with van der Waals surface area (Å²) in [6.45, 7) is 6.76. The Kier molecular flexibility index (Phi) is 11.5. The van der Waals surface area contributed by atoms with Crippen LogP contribution in [0.3, 0.4) is 0 Å². The monoisotopic (exact) mass is 405 g/mol. The molecule has 0 aromatic carbocycles. The van der Waals surface area contributed by atoms with E-state index in [-0.39, 0.29) is 6.54 Å². The zero-order valence-electron chi connectivity index (χ0n) is 15.8. The van der Waals surface area contributed by atoms with Crippen molar-refractivity contribution in [3.05, 3.63) is 17.5 Å². The Balaban J connectivity index is 2.32. The van der Waals surface area contributed by atoms with Crippen LogP contribution in [0.15, 0.2) is 26.7 Å². The van der Waals surface area contributed by atoms with Crippen LogP contribution >= 0.6 is 11.3 Å². The van der Waals surface area contributed by atoms with Gasteiger partial charge in [-0.2, -0.15) is 0 Å². The summed E-state index contributed by atoms with van der Waals surface area (Å²) in [6.07, 6.45) is 1.01. The number of rotatable bonds is 13. The van der Waals surface area contributed by atoms with Gasteiger partial charge in [0, 0.05) is 46.4 Å². The normalized spacial score (nSPS) is 12.5. The molecule has 0 amide bonds. The molecule has 0 saturated carbocycles. The number of hydrogen-bond donors (Lipinski definition) is 3. The molecule has 0 atom stereocenters. The van der Waals surface area contributed by atoms with Gasteiger partial charge < -0.3 is 20.3 Å². The van der Waals surface area contributed by atoms with Crippen LogP contribution in [0, 0.1) is 0 Å². The van der Waals surface area contributed by atoms with Crippen molar-refractivity contribution in [2.75, 3.05) is 60.0 Å².